The van der Waals surface area contributed by atoms with Gasteiger partial charge in [-0.1, -0.05) is 31.5 Å². The fourth-order valence-electron chi connectivity index (χ4n) is 3.69. The quantitative estimate of drug-likeness (QED) is 0.505. The number of amides is 1. The molecule has 10 heteroatoms. The van der Waals surface area contributed by atoms with Crippen LogP contribution in [0, 0.1) is 0 Å². The van der Waals surface area contributed by atoms with Crippen molar-refractivity contribution in [2.45, 2.75) is 34.8 Å². The van der Waals surface area contributed by atoms with Gasteiger partial charge >= 0.3 is 0 Å². The van der Waals surface area contributed by atoms with Gasteiger partial charge in [0.05, 0.1) is 27.7 Å². The zero-order valence-electron chi connectivity index (χ0n) is 19.1. The highest BCUT2D eigenvalue weighted by molar-refractivity contribution is 7.96. The summed E-state index contributed by atoms with van der Waals surface area (Å²) in [6.45, 7) is 3.20. The van der Waals surface area contributed by atoms with Crippen LogP contribution in [-0.4, -0.2) is 67.2 Å². The Bertz CT molecular complexity index is 1210. The predicted molar refractivity (Wildman–Crippen MR) is 126 cm³/mol. The van der Waals surface area contributed by atoms with Gasteiger partial charge in [0.1, 0.15) is 11.0 Å². The van der Waals surface area contributed by atoms with Crippen LogP contribution in [0.5, 0.6) is 5.75 Å². The van der Waals surface area contributed by atoms with Crippen LogP contribution in [0.1, 0.15) is 40.9 Å². The molecule has 1 N–H and O–H groups in total. The molecule has 2 aromatic rings. The third-order valence-electron chi connectivity index (χ3n) is 5.46. The Morgan fingerprint density at radius 2 is 1.85 bits per heavy atom. The van der Waals surface area contributed by atoms with Crippen molar-refractivity contribution in [3.05, 3.63) is 53.6 Å². The maximum absolute atomic E-state index is 13.5. The lowest BCUT2D eigenvalue weighted by atomic mass is 10.1. The highest BCUT2D eigenvalue weighted by Crippen LogP contribution is 2.47. The van der Waals surface area contributed by atoms with E-state index >= 15 is 0 Å². The number of nitrogens with zero attached hydrogens (tertiary/aromatic N) is 1. The molecule has 0 fully saturated rings. The minimum Gasteiger partial charge on any atom is -0.492 e. The summed E-state index contributed by atoms with van der Waals surface area (Å²) in [6, 6.07) is 10.5. The molecule has 8 nitrogen and oxygen atoms in total. The van der Waals surface area contributed by atoms with E-state index in [1.807, 2.05) is 25.9 Å². The van der Waals surface area contributed by atoms with Crippen molar-refractivity contribution in [3.63, 3.8) is 0 Å². The van der Waals surface area contributed by atoms with Crippen LogP contribution >= 0.6 is 0 Å². The summed E-state index contributed by atoms with van der Waals surface area (Å²) >= 11 is 0. The van der Waals surface area contributed by atoms with Crippen molar-refractivity contribution >= 4 is 25.6 Å². The molecule has 180 valence electrons. The summed E-state index contributed by atoms with van der Waals surface area (Å²) in [6.07, 6.45) is 1.50. The minimum atomic E-state index is -4.04. The van der Waals surface area contributed by atoms with Crippen LogP contribution in [0.4, 0.5) is 0 Å². The number of ether oxygens (including phenoxy) is 1. The van der Waals surface area contributed by atoms with Crippen LogP contribution < -0.4 is 10.1 Å². The van der Waals surface area contributed by atoms with E-state index in [2.05, 4.69) is 5.32 Å². The van der Waals surface area contributed by atoms with Gasteiger partial charge < -0.3 is 15.0 Å². The molecule has 33 heavy (non-hydrogen) atoms. The van der Waals surface area contributed by atoms with Crippen LogP contribution in [-0.2, 0) is 19.7 Å². The molecule has 1 aliphatic heterocycles. The fraction of sp³-hybridized carbons (Fsp3) is 0.435. The van der Waals surface area contributed by atoms with E-state index < -0.39 is 36.6 Å². The average molecular weight is 495 g/mol. The van der Waals surface area contributed by atoms with E-state index in [0.29, 0.717) is 19.5 Å². The Balaban J connectivity index is 2.13. The molecule has 1 aliphatic rings. The molecule has 0 bridgehead atoms. The molecular formula is C23H30N2O6S2. The van der Waals surface area contributed by atoms with Gasteiger partial charge in [0.15, 0.2) is 19.7 Å². The van der Waals surface area contributed by atoms with Crippen molar-refractivity contribution < 1.29 is 26.4 Å². The second-order valence-corrected chi connectivity index (χ2v) is 12.4. The first-order valence-electron chi connectivity index (χ1n) is 10.8. The van der Waals surface area contributed by atoms with Gasteiger partial charge in [0, 0.05) is 18.7 Å². The third kappa shape index (κ3) is 5.39. The topological polar surface area (TPSA) is 110 Å². The lowest BCUT2D eigenvalue weighted by molar-refractivity contribution is 0.0946. The first-order valence-corrected chi connectivity index (χ1v) is 14.0. The number of carbonyl (C=O) groups excluding carboxylic acids is 1. The summed E-state index contributed by atoms with van der Waals surface area (Å²) < 4.78 is 58.7. The van der Waals surface area contributed by atoms with E-state index in [9.17, 15) is 21.6 Å². The van der Waals surface area contributed by atoms with Gasteiger partial charge in [-0.3, -0.25) is 4.79 Å². The van der Waals surface area contributed by atoms with Gasteiger partial charge in [-0.15, -0.1) is 0 Å². The molecule has 1 atom stereocenters. The normalized spacial score (nSPS) is 17.0. The number of carbonyl (C=O) groups is 1. The number of rotatable bonds is 10. The zero-order chi connectivity index (χ0) is 24.2. The molecular weight excluding hydrogens is 464 g/mol. The standard InChI is InChI=1S/C23H30N2O6S2/c1-4-5-15-31-22-18(23(26)24-13-14-25(2)3)11-12-19-21(22)20(16-32(19,27)28)33(29,30)17-9-7-6-8-10-17/h6-12,20H,4-5,13-16H2,1-3H3,(H,24,26). The lowest BCUT2D eigenvalue weighted by Crippen LogP contribution is -2.31. The van der Waals surface area contributed by atoms with E-state index in [4.69, 9.17) is 4.74 Å². The Morgan fingerprint density at radius 3 is 2.48 bits per heavy atom. The van der Waals surface area contributed by atoms with Crippen molar-refractivity contribution in [2.75, 3.05) is 39.5 Å². The third-order valence-corrected chi connectivity index (χ3v) is 9.55. The summed E-state index contributed by atoms with van der Waals surface area (Å²) in [5.41, 5.74) is 0.184. The van der Waals surface area contributed by atoms with E-state index in [0.717, 1.165) is 6.42 Å². The molecule has 0 aromatic heterocycles. The number of benzene rings is 2. The van der Waals surface area contributed by atoms with Crippen LogP contribution in [0.3, 0.4) is 0 Å². The molecule has 1 amide bonds. The summed E-state index contributed by atoms with van der Waals surface area (Å²) in [7, 11) is -4.15. The highest BCUT2D eigenvalue weighted by Gasteiger charge is 2.46. The molecule has 0 spiro atoms. The Kier molecular flexibility index (Phi) is 7.81. The number of likely N-dealkylation sites (N-methyl/N-ethyl adjacent to an activating group) is 1. The number of nitrogens with one attached hydrogen (secondary N) is 1. The van der Waals surface area contributed by atoms with E-state index in [1.165, 1.54) is 24.3 Å². The SMILES string of the molecule is CCCCOc1c(C(=O)NCCN(C)C)ccc2c1C(S(=O)(=O)c1ccccc1)CS2(=O)=O. The van der Waals surface area contributed by atoms with E-state index in [-0.39, 0.29) is 33.3 Å². The predicted octanol–water partition coefficient (Wildman–Crippen LogP) is 2.46. The van der Waals surface area contributed by atoms with Gasteiger partial charge in [-0.2, -0.15) is 0 Å². The monoisotopic (exact) mass is 494 g/mol. The van der Waals surface area contributed by atoms with Crippen molar-refractivity contribution in [1.82, 2.24) is 10.2 Å². The lowest BCUT2D eigenvalue weighted by Gasteiger charge is -2.19. The van der Waals surface area contributed by atoms with Gasteiger partial charge in [-0.25, -0.2) is 16.8 Å². The van der Waals surface area contributed by atoms with Crippen LogP contribution in [0.15, 0.2) is 52.3 Å². The Hall–Kier alpha value is -2.43. The summed E-state index contributed by atoms with van der Waals surface area (Å²) in [5.74, 6) is -0.990. The molecule has 0 radical (unpaired) electrons. The molecule has 3 rings (SSSR count). The van der Waals surface area contributed by atoms with Gasteiger partial charge in [0.25, 0.3) is 5.91 Å². The number of hydrogen-bond acceptors (Lipinski definition) is 7. The molecule has 0 saturated heterocycles. The number of fused-ring (bicyclic) bond motifs is 1. The first kappa shape index (κ1) is 25.2. The van der Waals surface area contributed by atoms with Crippen molar-refractivity contribution in [2.24, 2.45) is 0 Å². The fourth-order valence-corrected chi connectivity index (χ4v) is 8.02. The number of hydrogen-bond donors (Lipinski definition) is 1. The first-order chi connectivity index (χ1) is 15.6. The molecule has 0 aliphatic carbocycles. The summed E-state index contributed by atoms with van der Waals surface area (Å²) in [5, 5.41) is 1.44. The second-order valence-electron chi connectivity index (χ2n) is 8.24. The minimum absolute atomic E-state index is 0.0263. The van der Waals surface area contributed by atoms with Crippen LogP contribution in [0.2, 0.25) is 0 Å². The van der Waals surface area contributed by atoms with Gasteiger partial charge in [-0.05, 0) is 44.8 Å². The molecule has 1 heterocycles. The van der Waals surface area contributed by atoms with E-state index in [1.54, 1.807) is 18.2 Å². The molecule has 2 aromatic carbocycles. The summed E-state index contributed by atoms with van der Waals surface area (Å²) in [4.78, 5) is 14.8. The largest absolute Gasteiger partial charge is 0.492 e. The number of unbranched alkanes of at least 4 members (excludes halogenated alkanes) is 1. The molecule has 1 unspecified atom stereocenters. The van der Waals surface area contributed by atoms with Crippen LogP contribution in [0.25, 0.3) is 0 Å². The second kappa shape index (κ2) is 10.2. The smallest absolute Gasteiger partial charge is 0.255 e. The maximum Gasteiger partial charge on any atom is 0.255 e. The van der Waals surface area contributed by atoms with Crippen molar-refractivity contribution in [1.29, 1.82) is 0 Å². The Labute approximate surface area is 195 Å². The zero-order valence-corrected chi connectivity index (χ0v) is 20.7. The number of sulfone groups is 2. The van der Waals surface area contributed by atoms with Gasteiger partial charge in [0.2, 0.25) is 0 Å². The highest BCUT2D eigenvalue weighted by atomic mass is 32.2. The maximum atomic E-state index is 13.5. The van der Waals surface area contributed by atoms with Crippen molar-refractivity contribution in [3.8, 4) is 5.75 Å². The molecule has 0 saturated carbocycles. The average Bonchev–Trinajstić information content (AvgIpc) is 3.06. The Morgan fingerprint density at radius 1 is 1.15 bits per heavy atom.